The Morgan fingerprint density at radius 2 is 2.23 bits per heavy atom. The molecule has 4 nitrogen and oxygen atoms in total. The molecule has 0 radical (unpaired) electrons. The first-order valence-electron chi connectivity index (χ1n) is 4.94. The number of carbonyl (C=O) groups is 1. The van der Waals surface area contributed by atoms with Gasteiger partial charge in [0.2, 0.25) is 0 Å². The van der Waals surface area contributed by atoms with E-state index in [4.69, 9.17) is 4.74 Å². The molecule has 0 unspecified atom stereocenters. The Hall–Kier alpha value is -0.770. The quantitative estimate of drug-likeness (QED) is 0.683. The highest BCUT2D eigenvalue weighted by Gasteiger charge is 2.14. The SMILES string of the molecule is CCNC(=O)OCC1CCNCC1. The van der Waals surface area contributed by atoms with Crippen molar-refractivity contribution in [2.75, 3.05) is 26.2 Å². The summed E-state index contributed by atoms with van der Waals surface area (Å²) in [5.74, 6) is 0.545. The zero-order valence-corrected chi connectivity index (χ0v) is 8.14. The van der Waals surface area contributed by atoms with Crippen molar-refractivity contribution in [2.24, 2.45) is 5.92 Å². The Morgan fingerprint density at radius 3 is 2.85 bits per heavy atom. The normalized spacial score (nSPS) is 18.2. The van der Waals surface area contributed by atoms with Gasteiger partial charge in [-0.3, -0.25) is 0 Å². The minimum atomic E-state index is -0.291. The van der Waals surface area contributed by atoms with Crippen molar-refractivity contribution in [2.45, 2.75) is 19.8 Å². The maximum atomic E-state index is 10.9. The zero-order chi connectivity index (χ0) is 9.52. The fourth-order valence-electron chi connectivity index (χ4n) is 1.44. The predicted molar refractivity (Wildman–Crippen MR) is 50.6 cm³/mol. The summed E-state index contributed by atoms with van der Waals surface area (Å²) in [7, 11) is 0. The largest absolute Gasteiger partial charge is 0.449 e. The lowest BCUT2D eigenvalue weighted by Crippen LogP contribution is -2.32. The van der Waals surface area contributed by atoms with Crippen molar-refractivity contribution in [3.63, 3.8) is 0 Å². The molecule has 1 amide bonds. The average molecular weight is 186 g/mol. The molecule has 4 heteroatoms. The number of nitrogens with one attached hydrogen (secondary N) is 2. The van der Waals surface area contributed by atoms with Crippen LogP contribution >= 0.6 is 0 Å². The number of amides is 1. The van der Waals surface area contributed by atoms with E-state index in [1.807, 2.05) is 6.92 Å². The molecule has 1 heterocycles. The number of carbonyl (C=O) groups excluding carboxylic acids is 1. The van der Waals surface area contributed by atoms with E-state index < -0.39 is 0 Å². The Kier molecular flexibility index (Phi) is 4.60. The highest BCUT2D eigenvalue weighted by molar-refractivity contribution is 5.66. The lowest BCUT2D eigenvalue weighted by molar-refractivity contribution is 0.118. The fraction of sp³-hybridized carbons (Fsp3) is 0.889. The van der Waals surface area contributed by atoms with Crippen LogP contribution in [0.2, 0.25) is 0 Å². The van der Waals surface area contributed by atoms with Crippen LogP contribution in [0.15, 0.2) is 0 Å². The molecule has 0 aromatic heterocycles. The van der Waals surface area contributed by atoms with Gasteiger partial charge < -0.3 is 15.4 Å². The second-order valence-corrected chi connectivity index (χ2v) is 3.32. The average Bonchev–Trinajstić information content (AvgIpc) is 2.17. The Bertz CT molecular complexity index is 156. The van der Waals surface area contributed by atoms with E-state index >= 15 is 0 Å². The first-order valence-corrected chi connectivity index (χ1v) is 4.94. The summed E-state index contributed by atoms with van der Waals surface area (Å²) in [5.41, 5.74) is 0. The van der Waals surface area contributed by atoms with Gasteiger partial charge in [0, 0.05) is 6.54 Å². The zero-order valence-electron chi connectivity index (χ0n) is 8.14. The van der Waals surface area contributed by atoms with Gasteiger partial charge in [0.05, 0.1) is 6.61 Å². The maximum absolute atomic E-state index is 10.9. The van der Waals surface area contributed by atoms with E-state index in [0.29, 0.717) is 19.1 Å². The number of hydrogen-bond donors (Lipinski definition) is 2. The van der Waals surface area contributed by atoms with E-state index in [0.717, 1.165) is 25.9 Å². The summed E-state index contributed by atoms with van der Waals surface area (Å²) in [6, 6.07) is 0. The van der Waals surface area contributed by atoms with Crippen LogP contribution in [0.5, 0.6) is 0 Å². The lowest BCUT2D eigenvalue weighted by atomic mass is 9.99. The predicted octanol–water partition coefficient (Wildman–Crippen LogP) is 0.732. The van der Waals surface area contributed by atoms with Gasteiger partial charge in [0.15, 0.2) is 0 Å². The van der Waals surface area contributed by atoms with Crippen LogP contribution in [0, 0.1) is 5.92 Å². The van der Waals surface area contributed by atoms with Gasteiger partial charge >= 0.3 is 6.09 Å². The Labute approximate surface area is 79.0 Å². The van der Waals surface area contributed by atoms with E-state index in [2.05, 4.69) is 10.6 Å². The van der Waals surface area contributed by atoms with Gasteiger partial charge in [-0.15, -0.1) is 0 Å². The van der Waals surface area contributed by atoms with Gasteiger partial charge in [-0.05, 0) is 38.8 Å². The third-order valence-electron chi connectivity index (χ3n) is 2.23. The third kappa shape index (κ3) is 4.12. The monoisotopic (exact) mass is 186 g/mol. The van der Waals surface area contributed by atoms with Crippen molar-refractivity contribution in [1.82, 2.24) is 10.6 Å². The molecular weight excluding hydrogens is 168 g/mol. The fourth-order valence-corrected chi connectivity index (χ4v) is 1.44. The number of hydrogen-bond acceptors (Lipinski definition) is 3. The van der Waals surface area contributed by atoms with Gasteiger partial charge in [-0.2, -0.15) is 0 Å². The highest BCUT2D eigenvalue weighted by atomic mass is 16.5. The third-order valence-corrected chi connectivity index (χ3v) is 2.23. The number of alkyl carbamates (subject to hydrolysis) is 1. The first kappa shape index (κ1) is 10.3. The molecule has 1 aliphatic rings. The molecule has 0 aliphatic carbocycles. The Morgan fingerprint density at radius 1 is 1.54 bits per heavy atom. The molecule has 1 fully saturated rings. The first-order chi connectivity index (χ1) is 6.33. The van der Waals surface area contributed by atoms with E-state index in [1.165, 1.54) is 0 Å². The van der Waals surface area contributed by atoms with E-state index in [1.54, 1.807) is 0 Å². The summed E-state index contributed by atoms with van der Waals surface area (Å²) in [6.45, 7) is 5.16. The summed E-state index contributed by atoms with van der Waals surface area (Å²) in [4.78, 5) is 10.9. The van der Waals surface area contributed by atoms with Crippen LogP contribution in [0.4, 0.5) is 4.79 Å². The minimum Gasteiger partial charge on any atom is -0.449 e. The second-order valence-electron chi connectivity index (χ2n) is 3.32. The summed E-state index contributed by atoms with van der Waals surface area (Å²) in [5, 5.41) is 5.88. The molecule has 1 rings (SSSR count). The standard InChI is InChI=1S/C9H18N2O2/c1-2-11-9(12)13-7-8-3-5-10-6-4-8/h8,10H,2-7H2,1H3,(H,11,12). The summed E-state index contributed by atoms with van der Waals surface area (Å²) < 4.78 is 5.04. The smallest absolute Gasteiger partial charge is 0.407 e. The lowest BCUT2D eigenvalue weighted by Gasteiger charge is -2.21. The number of rotatable bonds is 3. The molecule has 0 spiro atoms. The van der Waals surface area contributed by atoms with Crippen LogP contribution in [0.3, 0.4) is 0 Å². The van der Waals surface area contributed by atoms with Gasteiger partial charge in [0.1, 0.15) is 0 Å². The van der Waals surface area contributed by atoms with Gasteiger partial charge in [-0.1, -0.05) is 0 Å². The minimum absolute atomic E-state index is 0.291. The molecule has 0 bridgehead atoms. The molecule has 76 valence electrons. The van der Waals surface area contributed by atoms with Gasteiger partial charge in [-0.25, -0.2) is 4.79 Å². The summed E-state index contributed by atoms with van der Waals surface area (Å²) in [6.07, 6.45) is 1.93. The van der Waals surface area contributed by atoms with Crippen LogP contribution < -0.4 is 10.6 Å². The number of ether oxygens (including phenoxy) is 1. The van der Waals surface area contributed by atoms with Crippen molar-refractivity contribution in [3.05, 3.63) is 0 Å². The Balaban J connectivity index is 2.06. The van der Waals surface area contributed by atoms with Crippen molar-refractivity contribution < 1.29 is 9.53 Å². The molecule has 0 atom stereocenters. The van der Waals surface area contributed by atoms with Crippen LogP contribution in [0.25, 0.3) is 0 Å². The molecule has 1 saturated heterocycles. The summed E-state index contributed by atoms with van der Waals surface area (Å²) >= 11 is 0. The molecule has 2 N–H and O–H groups in total. The topological polar surface area (TPSA) is 50.4 Å². The van der Waals surface area contributed by atoms with Crippen LogP contribution in [-0.4, -0.2) is 32.3 Å². The number of piperidine rings is 1. The molecule has 13 heavy (non-hydrogen) atoms. The van der Waals surface area contributed by atoms with Crippen molar-refractivity contribution >= 4 is 6.09 Å². The van der Waals surface area contributed by atoms with Gasteiger partial charge in [0.25, 0.3) is 0 Å². The van der Waals surface area contributed by atoms with Crippen molar-refractivity contribution in [3.8, 4) is 0 Å². The van der Waals surface area contributed by atoms with Crippen LogP contribution in [0.1, 0.15) is 19.8 Å². The highest BCUT2D eigenvalue weighted by Crippen LogP contribution is 2.11. The molecule has 0 aromatic rings. The molecule has 1 aliphatic heterocycles. The molecule has 0 saturated carbocycles. The molecular formula is C9H18N2O2. The van der Waals surface area contributed by atoms with Crippen LogP contribution in [-0.2, 0) is 4.74 Å². The van der Waals surface area contributed by atoms with E-state index in [-0.39, 0.29) is 6.09 Å². The van der Waals surface area contributed by atoms with Crippen molar-refractivity contribution in [1.29, 1.82) is 0 Å². The molecule has 0 aromatic carbocycles. The van der Waals surface area contributed by atoms with E-state index in [9.17, 15) is 4.79 Å². The maximum Gasteiger partial charge on any atom is 0.407 e. The second kappa shape index (κ2) is 5.80.